The molecule has 0 fully saturated rings. The van der Waals surface area contributed by atoms with Gasteiger partial charge in [-0.05, 0) is 6.07 Å². The Hall–Kier alpha value is -1.21. The van der Waals surface area contributed by atoms with Gasteiger partial charge in [0, 0.05) is 12.6 Å². The van der Waals surface area contributed by atoms with Crippen LogP contribution in [0.2, 0.25) is 5.02 Å². The third-order valence-corrected chi connectivity index (χ3v) is 2.46. The van der Waals surface area contributed by atoms with E-state index in [0.29, 0.717) is 0 Å². The van der Waals surface area contributed by atoms with Gasteiger partial charge in [-0.25, -0.2) is 0 Å². The highest BCUT2D eigenvalue weighted by molar-refractivity contribution is 6.31. The number of nitrogens with two attached hydrogens (primary N) is 1. The number of nitro groups is 1. The Kier molecular flexibility index (Phi) is 4.19. The first kappa shape index (κ1) is 12.9. The van der Waals surface area contributed by atoms with Crippen LogP contribution >= 0.6 is 11.6 Å². The van der Waals surface area contributed by atoms with E-state index >= 15 is 0 Å². The summed E-state index contributed by atoms with van der Waals surface area (Å²) in [5.74, 6) is 0. The van der Waals surface area contributed by atoms with Crippen molar-refractivity contribution in [3.63, 3.8) is 0 Å². The van der Waals surface area contributed by atoms with Crippen LogP contribution in [0.5, 0.6) is 0 Å². The molecule has 6 nitrogen and oxygen atoms in total. The Morgan fingerprint density at radius 2 is 2.12 bits per heavy atom. The van der Waals surface area contributed by atoms with E-state index in [1.54, 1.807) is 0 Å². The molecule has 0 aromatic heterocycles. The molecule has 1 aromatic rings. The van der Waals surface area contributed by atoms with Crippen molar-refractivity contribution in [2.24, 2.45) is 5.73 Å². The van der Waals surface area contributed by atoms with Crippen molar-refractivity contribution in [1.29, 1.82) is 0 Å². The van der Waals surface area contributed by atoms with Gasteiger partial charge >= 0.3 is 0 Å². The second-order valence-electron chi connectivity index (χ2n) is 3.18. The fourth-order valence-corrected chi connectivity index (χ4v) is 1.58. The molecule has 1 rings (SSSR count). The van der Waals surface area contributed by atoms with Crippen molar-refractivity contribution in [2.75, 3.05) is 6.54 Å². The summed E-state index contributed by atoms with van der Waals surface area (Å²) in [5.41, 5.74) is 4.70. The van der Waals surface area contributed by atoms with Crippen molar-refractivity contribution in [3.8, 4) is 0 Å². The Balaban J connectivity index is 3.24. The van der Waals surface area contributed by atoms with Crippen LogP contribution in [0.25, 0.3) is 0 Å². The van der Waals surface area contributed by atoms with Gasteiger partial charge in [-0.3, -0.25) is 10.1 Å². The lowest BCUT2D eigenvalue weighted by atomic mass is 10.0. The van der Waals surface area contributed by atoms with Crippen LogP contribution < -0.4 is 5.73 Å². The summed E-state index contributed by atoms with van der Waals surface area (Å²) in [5, 5.41) is 29.8. The topological polar surface area (TPSA) is 110 Å². The first-order valence-corrected chi connectivity index (χ1v) is 4.85. The molecule has 16 heavy (non-hydrogen) atoms. The zero-order valence-electron chi connectivity index (χ0n) is 8.21. The minimum atomic E-state index is -1.47. The summed E-state index contributed by atoms with van der Waals surface area (Å²) < 4.78 is 0. The van der Waals surface area contributed by atoms with Crippen molar-refractivity contribution < 1.29 is 15.1 Å². The monoisotopic (exact) mass is 246 g/mol. The molecule has 0 amide bonds. The summed E-state index contributed by atoms with van der Waals surface area (Å²) in [6, 6.07) is 4.00. The van der Waals surface area contributed by atoms with Crippen molar-refractivity contribution in [3.05, 3.63) is 38.9 Å². The molecule has 4 N–H and O–H groups in total. The van der Waals surface area contributed by atoms with Gasteiger partial charge in [0.05, 0.1) is 21.6 Å². The highest BCUT2D eigenvalue weighted by atomic mass is 35.5. The molecule has 0 aliphatic heterocycles. The fraction of sp³-hybridized carbons (Fsp3) is 0.333. The molecular formula is C9H11ClN2O4. The van der Waals surface area contributed by atoms with Gasteiger partial charge in [-0.2, -0.15) is 0 Å². The highest BCUT2D eigenvalue weighted by Gasteiger charge is 2.27. The average Bonchev–Trinajstić information content (AvgIpc) is 2.26. The van der Waals surface area contributed by atoms with Gasteiger partial charge in [-0.1, -0.05) is 17.7 Å². The van der Waals surface area contributed by atoms with E-state index in [-0.39, 0.29) is 22.8 Å². The number of nitrogens with zero attached hydrogens (tertiary/aromatic N) is 1. The van der Waals surface area contributed by atoms with Crippen LogP contribution in [0.15, 0.2) is 18.2 Å². The van der Waals surface area contributed by atoms with Gasteiger partial charge in [0.15, 0.2) is 0 Å². The Bertz CT molecular complexity index is 399. The fourth-order valence-electron chi connectivity index (χ4n) is 1.30. The smallest absolute Gasteiger partial charge is 0.276 e. The predicted molar refractivity (Wildman–Crippen MR) is 58.1 cm³/mol. The molecule has 2 unspecified atom stereocenters. The summed E-state index contributed by atoms with van der Waals surface area (Å²) in [6.07, 6.45) is -2.77. The van der Waals surface area contributed by atoms with Gasteiger partial charge in [0.1, 0.15) is 6.10 Å². The summed E-state index contributed by atoms with van der Waals surface area (Å²) in [4.78, 5) is 10.0. The standard InChI is InChI=1S/C9H11ClN2O4/c10-5-2-1-3-6(12(15)16)8(5)9(14)7(13)4-11/h1-3,7,9,13-14H,4,11H2. The van der Waals surface area contributed by atoms with Crippen molar-refractivity contribution in [1.82, 2.24) is 0 Å². The first-order chi connectivity index (χ1) is 7.49. The maximum atomic E-state index is 10.7. The summed E-state index contributed by atoms with van der Waals surface area (Å²) in [6.45, 7) is -0.219. The van der Waals surface area contributed by atoms with Crippen LogP contribution in [0, 0.1) is 10.1 Å². The number of hydrogen-bond donors (Lipinski definition) is 3. The number of hydrogen-bond acceptors (Lipinski definition) is 5. The number of nitro benzene ring substituents is 1. The zero-order chi connectivity index (χ0) is 12.3. The molecule has 0 aliphatic carbocycles. The van der Waals surface area contributed by atoms with Crippen molar-refractivity contribution in [2.45, 2.75) is 12.2 Å². The molecule has 0 saturated heterocycles. The molecule has 0 saturated carbocycles. The molecule has 2 atom stereocenters. The highest BCUT2D eigenvalue weighted by Crippen LogP contribution is 2.33. The Labute approximate surface area is 96.4 Å². The predicted octanol–water partition coefficient (Wildman–Crippen LogP) is 0.601. The molecule has 0 heterocycles. The molecule has 1 aromatic carbocycles. The van der Waals surface area contributed by atoms with Crippen LogP contribution in [0.3, 0.4) is 0 Å². The molecule has 0 radical (unpaired) electrons. The van der Waals surface area contributed by atoms with Crippen LogP contribution in [-0.4, -0.2) is 27.8 Å². The van der Waals surface area contributed by atoms with E-state index in [4.69, 9.17) is 17.3 Å². The first-order valence-electron chi connectivity index (χ1n) is 4.48. The molecule has 0 bridgehead atoms. The second-order valence-corrected chi connectivity index (χ2v) is 3.58. The number of rotatable bonds is 4. The third kappa shape index (κ3) is 2.48. The SMILES string of the molecule is NCC(O)C(O)c1c(Cl)cccc1[N+](=O)[O-]. The van der Waals surface area contributed by atoms with E-state index in [1.807, 2.05) is 0 Å². The van der Waals surface area contributed by atoms with E-state index in [0.717, 1.165) is 0 Å². The van der Waals surface area contributed by atoms with E-state index < -0.39 is 17.1 Å². The number of benzene rings is 1. The molecular weight excluding hydrogens is 236 g/mol. The van der Waals surface area contributed by atoms with E-state index in [9.17, 15) is 20.3 Å². The Morgan fingerprint density at radius 1 is 1.50 bits per heavy atom. The van der Waals surface area contributed by atoms with Gasteiger partial charge < -0.3 is 15.9 Å². The van der Waals surface area contributed by atoms with E-state index in [2.05, 4.69) is 0 Å². The maximum Gasteiger partial charge on any atom is 0.276 e. The normalized spacial score (nSPS) is 14.5. The van der Waals surface area contributed by atoms with E-state index in [1.165, 1.54) is 18.2 Å². The van der Waals surface area contributed by atoms with Crippen molar-refractivity contribution >= 4 is 17.3 Å². The second kappa shape index (κ2) is 5.22. The largest absolute Gasteiger partial charge is 0.389 e. The quantitative estimate of drug-likeness (QED) is 0.532. The number of aliphatic hydroxyl groups is 2. The Morgan fingerprint density at radius 3 is 2.62 bits per heavy atom. The maximum absolute atomic E-state index is 10.7. The third-order valence-electron chi connectivity index (χ3n) is 2.13. The number of aliphatic hydroxyl groups excluding tert-OH is 2. The summed E-state index contributed by atoms with van der Waals surface area (Å²) >= 11 is 5.75. The molecule has 0 aliphatic rings. The van der Waals surface area contributed by atoms with Crippen LogP contribution in [0.4, 0.5) is 5.69 Å². The van der Waals surface area contributed by atoms with Gasteiger partial charge in [-0.15, -0.1) is 0 Å². The van der Waals surface area contributed by atoms with Gasteiger partial charge in [0.2, 0.25) is 0 Å². The molecule has 88 valence electrons. The summed E-state index contributed by atoms with van der Waals surface area (Å²) in [7, 11) is 0. The van der Waals surface area contributed by atoms with Crippen LogP contribution in [0.1, 0.15) is 11.7 Å². The van der Waals surface area contributed by atoms with Crippen LogP contribution in [-0.2, 0) is 0 Å². The number of halogens is 1. The lowest BCUT2D eigenvalue weighted by Gasteiger charge is -2.17. The molecule has 0 spiro atoms. The average molecular weight is 247 g/mol. The van der Waals surface area contributed by atoms with Gasteiger partial charge in [0.25, 0.3) is 5.69 Å². The minimum absolute atomic E-state index is 0.0224. The minimum Gasteiger partial charge on any atom is -0.389 e. The lowest BCUT2D eigenvalue weighted by molar-refractivity contribution is -0.386. The molecule has 7 heteroatoms. The zero-order valence-corrected chi connectivity index (χ0v) is 8.96. The lowest BCUT2D eigenvalue weighted by Crippen LogP contribution is -2.27.